The molecule has 1 aliphatic heterocycles. The zero-order chi connectivity index (χ0) is 20.1. The van der Waals surface area contributed by atoms with E-state index in [0.717, 1.165) is 31.8 Å². The lowest BCUT2D eigenvalue weighted by atomic mass is 10.1. The fourth-order valence-corrected chi connectivity index (χ4v) is 3.19. The van der Waals surface area contributed by atoms with Gasteiger partial charge in [-0.05, 0) is 56.3 Å². The monoisotopic (exact) mass is 392 g/mol. The van der Waals surface area contributed by atoms with Gasteiger partial charge in [0, 0.05) is 32.0 Å². The average Bonchev–Trinajstić information content (AvgIpc) is 3.19. The summed E-state index contributed by atoms with van der Waals surface area (Å²) in [6.07, 6.45) is -0.566. The minimum Gasteiger partial charge on any atom is -0.340 e. The molecule has 8 heteroatoms. The van der Waals surface area contributed by atoms with E-state index in [0.29, 0.717) is 12.1 Å². The molecule has 150 valence electrons. The highest BCUT2D eigenvalue weighted by Crippen LogP contribution is 2.31. The van der Waals surface area contributed by atoms with Crippen LogP contribution >= 0.6 is 0 Å². The van der Waals surface area contributed by atoms with Gasteiger partial charge in [-0.2, -0.15) is 13.2 Å². The van der Waals surface area contributed by atoms with Crippen molar-refractivity contribution in [3.05, 3.63) is 53.7 Å². The van der Waals surface area contributed by atoms with E-state index in [-0.39, 0.29) is 17.4 Å². The van der Waals surface area contributed by atoms with E-state index in [1.807, 2.05) is 0 Å². The molecule has 2 aromatic rings. The van der Waals surface area contributed by atoms with Gasteiger partial charge in [0.25, 0.3) is 5.91 Å². The second-order valence-electron chi connectivity index (χ2n) is 6.88. The fraction of sp³-hybridized carbons (Fsp3) is 0.400. The highest BCUT2D eigenvalue weighted by Gasteiger charge is 2.30. The molecule has 0 spiro atoms. The molecule has 5 nitrogen and oxygen atoms in total. The lowest BCUT2D eigenvalue weighted by molar-refractivity contribution is -0.137. The normalized spacial score (nSPS) is 14.9. The number of rotatable bonds is 6. The number of amides is 1. The Balaban J connectivity index is 1.72. The molecule has 0 unspecified atom stereocenters. The lowest BCUT2D eigenvalue weighted by Crippen LogP contribution is -2.35. The van der Waals surface area contributed by atoms with E-state index >= 15 is 0 Å². The third kappa shape index (κ3) is 5.01. The van der Waals surface area contributed by atoms with Crippen molar-refractivity contribution in [3.63, 3.8) is 0 Å². The minimum absolute atomic E-state index is 0.221. The molecule has 1 fully saturated rings. The van der Waals surface area contributed by atoms with Crippen molar-refractivity contribution in [2.45, 2.75) is 19.0 Å². The number of nitrogens with zero attached hydrogens (tertiary/aromatic N) is 3. The van der Waals surface area contributed by atoms with Crippen LogP contribution in [0.5, 0.6) is 0 Å². The van der Waals surface area contributed by atoms with Gasteiger partial charge in [0.1, 0.15) is 5.82 Å². The maximum absolute atomic E-state index is 12.9. The maximum atomic E-state index is 12.9. The van der Waals surface area contributed by atoms with Crippen molar-refractivity contribution in [1.29, 1.82) is 0 Å². The number of hydrogen-bond acceptors (Lipinski definition) is 4. The Morgan fingerprint density at radius 1 is 1.21 bits per heavy atom. The first-order valence-corrected chi connectivity index (χ1v) is 9.22. The Kier molecular flexibility index (Phi) is 6.18. The molecule has 1 N–H and O–H groups in total. The SMILES string of the molecule is CN(CCN1CCCC1)C(=O)c1cccnc1Nc1cccc(C(F)(F)F)c1. The topological polar surface area (TPSA) is 48.5 Å². The van der Waals surface area contributed by atoms with Crippen LogP contribution in [0.25, 0.3) is 0 Å². The number of likely N-dealkylation sites (tertiary alicyclic amines) is 1. The molecule has 0 bridgehead atoms. The van der Waals surface area contributed by atoms with Crippen molar-refractivity contribution < 1.29 is 18.0 Å². The van der Waals surface area contributed by atoms with Crippen molar-refractivity contribution in [1.82, 2.24) is 14.8 Å². The van der Waals surface area contributed by atoms with Crippen molar-refractivity contribution in [2.24, 2.45) is 0 Å². The first kappa shape index (κ1) is 20.1. The van der Waals surface area contributed by atoms with E-state index < -0.39 is 11.7 Å². The van der Waals surface area contributed by atoms with E-state index in [1.165, 1.54) is 31.2 Å². The summed E-state index contributed by atoms with van der Waals surface area (Å²) in [5.74, 6) is 0.0154. The summed E-state index contributed by atoms with van der Waals surface area (Å²) >= 11 is 0. The summed E-state index contributed by atoms with van der Waals surface area (Å²) in [5, 5.41) is 2.85. The summed E-state index contributed by atoms with van der Waals surface area (Å²) in [6.45, 7) is 3.49. The molecule has 28 heavy (non-hydrogen) atoms. The number of nitrogens with one attached hydrogen (secondary N) is 1. The summed E-state index contributed by atoms with van der Waals surface area (Å²) in [5.41, 5.74) is -0.213. The lowest BCUT2D eigenvalue weighted by Gasteiger charge is -2.22. The third-order valence-electron chi connectivity index (χ3n) is 4.79. The Morgan fingerprint density at radius 2 is 1.96 bits per heavy atom. The molecule has 3 rings (SSSR count). The Hall–Kier alpha value is -2.61. The van der Waals surface area contributed by atoms with Crippen molar-refractivity contribution in [2.75, 3.05) is 38.5 Å². The molecule has 0 saturated carbocycles. The average molecular weight is 392 g/mol. The van der Waals surface area contributed by atoms with Crippen LogP contribution < -0.4 is 5.32 Å². The standard InChI is InChI=1S/C20H23F3N4O/c1-26(12-13-27-10-2-3-11-27)19(28)17-8-5-9-24-18(17)25-16-7-4-6-15(14-16)20(21,22)23/h4-9,14H,2-3,10-13H2,1H3,(H,24,25). The third-order valence-corrected chi connectivity index (χ3v) is 4.79. The predicted molar refractivity (Wildman–Crippen MR) is 102 cm³/mol. The second-order valence-corrected chi connectivity index (χ2v) is 6.88. The quantitative estimate of drug-likeness (QED) is 0.807. The molecule has 0 atom stereocenters. The van der Waals surface area contributed by atoms with Crippen LogP contribution in [0.2, 0.25) is 0 Å². The number of carbonyl (C=O) groups excluding carboxylic acids is 1. The van der Waals surface area contributed by atoms with Crippen LogP contribution in [0.4, 0.5) is 24.7 Å². The van der Waals surface area contributed by atoms with Gasteiger partial charge >= 0.3 is 6.18 Å². The van der Waals surface area contributed by atoms with Crippen molar-refractivity contribution in [3.8, 4) is 0 Å². The van der Waals surface area contributed by atoms with E-state index in [1.54, 1.807) is 24.1 Å². The molecule has 1 amide bonds. The predicted octanol–water partition coefficient (Wildman–Crippen LogP) is 4.01. The maximum Gasteiger partial charge on any atom is 0.416 e. The van der Waals surface area contributed by atoms with Gasteiger partial charge in [0.2, 0.25) is 0 Å². The number of likely N-dealkylation sites (N-methyl/N-ethyl adjacent to an activating group) is 1. The van der Waals surface area contributed by atoms with Crippen LogP contribution in [-0.2, 0) is 6.18 Å². The summed E-state index contributed by atoms with van der Waals surface area (Å²) in [7, 11) is 1.72. The fourth-order valence-electron chi connectivity index (χ4n) is 3.19. The van der Waals surface area contributed by atoms with E-state index in [2.05, 4.69) is 15.2 Å². The van der Waals surface area contributed by atoms with Crippen LogP contribution in [0, 0.1) is 0 Å². The first-order valence-electron chi connectivity index (χ1n) is 9.22. The summed E-state index contributed by atoms with van der Waals surface area (Å²) < 4.78 is 38.8. The van der Waals surface area contributed by atoms with Crippen LogP contribution in [0.1, 0.15) is 28.8 Å². The first-order chi connectivity index (χ1) is 13.3. The molecule has 0 radical (unpaired) electrons. The molecule has 2 heterocycles. The summed E-state index contributed by atoms with van der Waals surface area (Å²) in [4.78, 5) is 20.9. The number of carbonyl (C=O) groups is 1. The second kappa shape index (κ2) is 8.60. The molecular formula is C20H23F3N4O. The number of hydrogen-bond donors (Lipinski definition) is 1. The number of alkyl halides is 3. The molecule has 1 aromatic carbocycles. The molecular weight excluding hydrogens is 369 g/mol. The largest absolute Gasteiger partial charge is 0.416 e. The van der Waals surface area contributed by atoms with Gasteiger partial charge in [-0.1, -0.05) is 6.07 Å². The number of benzene rings is 1. The number of aromatic nitrogens is 1. The minimum atomic E-state index is -4.43. The number of halogens is 3. The van der Waals surface area contributed by atoms with Gasteiger partial charge in [0.15, 0.2) is 0 Å². The van der Waals surface area contributed by atoms with E-state index in [9.17, 15) is 18.0 Å². The zero-order valence-corrected chi connectivity index (χ0v) is 15.7. The highest BCUT2D eigenvalue weighted by atomic mass is 19.4. The Bertz CT molecular complexity index is 819. The molecule has 0 aliphatic carbocycles. The van der Waals surface area contributed by atoms with Crippen molar-refractivity contribution >= 4 is 17.4 Å². The van der Waals surface area contributed by atoms with E-state index in [4.69, 9.17) is 0 Å². The van der Waals surface area contributed by atoms with Gasteiger partial charge in [-0.3, -0.25) is 4.79 Å². The van der Waals surface area contributed by atoms with Crippen LogP contribution in [-0.4, -0.2) is 53.9 Å². The van der Waals surface area contributed by atoms with Crippen LogP contribution in [0.15, 0.2) is 42.6 Å². The zero-order valence-electron chi connectivity index (χ0n) is 15.7. The molecule has 1 aromatic heterocycles. The number of anilines is 2. The number of pyridine rings is 1. The molecule has 1 saturated heterocycles. The Morgan fingerprint density at radius 3 is 2.68 bits per heavy atom. The van der Waals surface area contributed by atoms with Gasteiger partial charge in [0.05, 0.1) is 11.1 Å². The smallest absolute Gasteiger partial charge is 0.340 e. The van der Waals surface area contributed by atoms with Crippen LogP contribution in [0.3, 0.4) is 0 Å². The van der Waals surface area contributed by atoms with Gasteiger partial charge < -0.3 is 15.1 Å². The Labute approximate surface area is 162 Å². The highest BCUT2D eigenvalue weighted by molar-refractivity contribution is 5.99. The molecule has 1 aliphatic rings. The summed E-state index contributed by atoms with van der Waals surface area (Å²) in [6, 6.07) is 8.09. The van der Waals surface area contributed by atoms with Gasteiger partial charge in [-0.25, -0.2) is 4.98 Å². The van der Waals surface area contributed by atoms with Gasteiger partial charge in [-0.15, -0.1) is 0 Å².